The second-order valence-corrected chi connectivity index (χ2v) is 2.45. The lowest BCUT2D eigenvalue weighted by Crippen LogP contribution is -2.07. The second-order valence-electron chi connectivity index (χ2n) is 2.45. The van der Waals surface area contributed by atoms with Crippen molar-refractivity contribution in [2.45, 2.75) is 25.8 Å². The Hall–Kier alpha value is -0.470. The topological polar surface area (TPSA) is 39.2 Å². The highest BCUT2D eigenvalue weighted by Gasteiger charge is 2.03. The Morgan fingerprint density at radius 1 is 1.64 bits per heavy atom. The van der Waals surface area contributed by atoms with Gasteiger partial charge in [-0.15, -0.1) is 12.4 Å². The first-order valence-electron chi connectivity index (χ1n) is 3.62. The molecule has 64 valence electrons. The minimum atomic E-state index is 0. The molecule has 0 saturated heterocycles. The molecule has 0 aliphatic heterocycles. The van der Waals surface area contributed by atoms with Gasteiger partial charge in [0.2, 0.25) is 0 Å². The average Bonchev–Trinajstić information content (AvgIpc) is 2.38. The summed E-state index contributed by atoms with van der Waals surface area (Å²) < 4.78 is 4.90. The largest absolute Gasteiger partial charge is 0.472 e. The molecule has 3 heteroatoms. The van der Waals surface area contributed by atoms with Crippen LogP contribution >= 0.6 is 12.4 Å². The van der Waals surface area contributed by atoms with Crippen LogP contribution < -0.4 is 5.73 Å². The highest BCUT2D eigenvalue weighted by molar-refractivity contribution is 5.85. The normalized spacial score (nSPS) is 12.2. The van der Waals surface area contributed by atoms with Gasteiger partial charge in [0.25, 0.3) is 0 Å². The van der Waals surface area contributed by atoms with Gasteiger partial charge in [-0.05, 0) is 12.5 Å². The van der Waals surface area contributed by atoms with Crippen molar-refractivity contribution in [3.05, 3.63) is 24.2 Å². The average molecular weight is 176 g/mol. The van der Waals surface area contributed by atoms with Crippen LogP contribution in [-0.4, -0.2) is 0 Å². The molecule has 0 aliphatic carbocycles. The first-order chi connectivity index (χ1) is 4.84. The molecule has 0 bridgehead atoms. The Bertz CT molecular complexity index is 174. The molecular weight excluding hydrogens is 162 g/mol. The van der Waals surface area contributed by atoms with Gasteiger partial charge in [0.1, 0.15) is 0 Å². The second kappa shape index (κ2) is 5.22. The standard InChI is InChI=1S/C8H13NO.ClH/c1-2-3-8(9)7-4-5-10-6-7;/h4-6,8H,2-3,9H2,1H3;1H/t8-;/m0./s1. The van der Waals surface area contributed by atoms with Gasteiger partial charge < -0.3 is 10.2 Å². The predicted octanol–water partition coefficient (Wildman–Crippen LogP) is 2.50. The van der Waals surface area contributed by atoms with Crippen molar-refractivity contribution in [1.29, 1.82) is 0 Å². The zero-order chi connectivity index (χ0) is 7.40. The molecule has 1 heterocycles. The quantitative estimate of drug-likeness (QED) is 0.767. The first kappa shape index (κ1) is 10.5. The van der Waals surface area contributed by atoms with Gasteiger partial charge in [0, 0.05) is 11.6 Å². The van der Waals surface area contributed by atoms with E-state index in [9.17, 15) is 0 Å². The number of furan rings is 1. The molecule has 0 aliphatic rings. The van der Waals surface area contributed by atoms with E-state index in [0.29, 0.717) is 0 Å². The van der Waals surface area contributed by atoms with E-state index >= 15 is 0 Å². The summed E-state index contributed by atoms with van der Waals surface area (Å²) in [7, 11) is 0. The van der Waals surface area contributed by atoms with E-state index in [1.54, 1.807) is 12.5 Å². The SMILES string of the molecule is CCC[C@H](N)c1ccoc1.Cl. The van der Waals surface area contributed by atoms with Gasteiger partial charge in [-0.25, -0.2) is 0 Å². The van der Waals surface area contributed by atoms with E-state index in [1.165, 1.54) is 0 Å². The fourth-order valence-corrected chi connectivity index (χ4v) is 0.964. The Kier molecular flexibility index (Phi) is 4.99. The summed E-state index contributed by atoms with van der Waals surface area (Å²) in [5.74, 6) is 0. The molecule has 0 saturated carbocycles. The summed E-state index contributed by atoms with van der Waals surface area (Å²) in [6.45, 7) is 2.12. The Labute approximate surface area is 73.2 Å². The molecule has 1 aromatic rings. The molecule has 1 rings (SSSR count). The number of halogens is 1. The Balaban J connectivity index is 0.000001000. The molecular formula is C8H14ClNO. The molecule has 2 nitrogen and oxygen atoms in total. The third kappa shape index (κ3) is 2.95. The maximum atomic E-state index is 5.79. The summed E-state index contributed by atoms with van der Waals surface area (Å²) in [6.07, 6.45) is 5.51. The van der Waals surface area contributed by atoms with Gasteiger partial charge in [0.15, 0.2) is 0 Å². The van der Waals surface area contributed by atoms with E-state index < -0.39 is 0 Å². The van der Waals surface area contributed by atoms with Crippen molar-refractivity contribution in [1.82, 2.24) is 0 Å². The number of rotatable bonds is 3. The van der Waals surface area contributed by atoms with Crippen molar-refractivity contribution in [2.75, 3.05) is 0 Å². The zero-order valence-electron chi connectivity index (χ0n) is 6.62. The minimum Gasteiger partial charge on any atom is -0.472 e. The zero-order valence-corrected chi connectivity index (χ0v) is 7.43. The molecule has 0 fully saturated rings. The van der Waals surface area contributed by atoms with Gasteiger partial charge in [-0.1, -0.05) is 13.3 Å². The van der Waals surface area contributed by atoms with Crippen LogP contribution in [0.2, 0.25) is 0 Å². The third-order valence-corrected chi connectivity index (χ3v) is 1.57. The predicted molar refractivity (Wildman–Crippen MR) is 47.8 cm³/mol. The number of hydrogen-bond donors (Lipinski definition) is 1. The molecule has 1 atom stereocenters. The van der Waals surface area contributed by atoms with Crippen LogP contribution in [0.5, 0.6) is 0 Å². The minimum absolute atomic E-state index is 0. The summed E-state index contributed by atoms with van der Waals surface area (Å²) in [5.41, 5.74) is 6.89. The summed E-state index contributed by atoms with van der Waals surface area (Å²) in [6, 6.07) is 2.07. The highest BCUT2D eigenvalue weighted by atomic mass is 35.5. The molecule has 1 aromatic heterocycles. The van der Waals surface area contributed by atoms with Crippen LogP contribution in [0.4, 0.5) is 0 Å². The van der Waals surface area contributed by atoms with Crippen LogP contribution in [-0.2, 0) is 0 Å². The van der Waals surface area contributed by atoms with E-state index in [1.807, 2.05) is 6.07 Å². The van der Waals surface area contributed by atoms with Crippen molar-refractivity contribution in [3.8, 4) is 0 Å². The Morgan fingerprint density at radius 3 is 2.82 bits per heavy atom. The van der Waals surface area contributed by atoms with Crippen molar-refractivity contribution in [3.63, 3.8) is 0 Å². The lowest BCUT2D eigenvalue weighted by Gasteiger charge is -2.05. The molecule has 0 amide bonds. The number of nitrogens with two attached hydrogens (primary N) is 1. The molecule has 0 unspecified atom stereocenters. The molecule has 0 spiro atoms. The van der Waals surface area contributed by atoms with Crippen LogP contribution in [0.1, 0.15) is 31.4 Å². The summed E-state index contributed by atoms with van der Waals surface area (Å²) in [4.78, 5) is 0. The van der Waals surface area contributed by atoms with Gasteiger partial charge in [0.05, 0.1) is 12.5 Å². The van der Waals surface area contributed by atoms with E-state index in [2.05, 4.69) is 6.92 Å². The smallest absolute Gasteiger partial charge is 0.0950 e. The maximum Gasteiger partial charge on any atom is 0.0950 e. The van der Waals surface area contributed by atoms with E-state index in [4.69, 9.17) is 10.2 Å². The van der Waals surface area contributed by atoms with Crippen LogP contribution in [0.25, 0.3) is 0 Å². The van der Waals surface area contributed by atoms with Crippen molar-refractivity contribution >= 4 is 12.4 Å². The molecule has 2 N–H and O–H groups in total. The van der Waals surface area contributed by atoms with Gasteiger partial charge >= 0.3 is 0 Å². The highest BCUT2D eigenvalue weighted by Crippen LogP contribution is 2.14. The van der Waals surface area contributed by atoms with E-state index in [-0.39, 0.29) is 18.4 Å². The Morgan fingerprint density at radius 2 is 2.36 bits per heavy atom. The van der Waals surface area contributed by atoms with E-state index in [0.717, 1.165) is 18.4 Å². The molecule has 11 heavy (non-hydrogen) atoms. The summed E-state index contributed by atoms with van der Waals surface area (Å²) >= 11 is 0. The maximum absolute atomic E-state index is 5.79. The van der Waals surface area contributed by atoms with Crippen LogP contribution in [0, 0.1) is 0 Å². The monoisotopic (exact) mass is 175 g/mol. The van der Waals surface area contributed by atoms with Gasteiger partial charge in [-0.3, -0.25) is 0 Å². The fourth-order valence-electron chi connectivity index (χ4n) is 0.964. The van der Waals surface area contributed by atoms with Gasteiger partial charge in [-0.2, -0.15) is 0 Å². The first-order valence-corrected chi connectivity index (χ1v) is 3.62. The third-order valence-electron chi connectivity index (χ3n) is 1.57. The van der Waals surface area contributed by atoms with Crippen molar-refractivity contribution in [2.24, 2.45) is 5.73 Å². The van der Waals surface area contributed by atoms with Crippen LogP contribution in [0.3, 0.4) is 0 Å². The van der Waals surface area contributed by atoms with Crippen LogP contribution in [0.15, 0.2) is 23.0 Å². The number of hydrogen-bond acceptors (Lipinski definition) is 2. The lowest BCUT2D eigenvalue weighted by molar-refractivity contribution is 0.553. The lowest BCUT2D eigenvalue weighted by atomic mass is 10.1. The van der Waals surface area contributed by atoms with Crippen molar-refractivity contribution < 1.29 is 4.42 Å². The molecule has 0 radical (unpaired) electrons. The fraction of sp³-hybridized carbons (Fsp3) is 0.500. The summed E-state index contributed by atoms with van der Waals surface area (Å²) in [5, 5.41) is 0. The molecule has 0 aromatic carbocycles.